The highest BCUT2D eigenvalue weighted by atomic mass is 35.5. The SMILES string of the molecule is N#Cc1ccc(Cl)c(C(=O)O)c1CN. The van der Waals surface area contributed by atoms with E-state index in [9.17, 15) is 4.79 Å². The average Bonchev–Trinajstić information content (AvgIpc) is 2.16. The van der Waals surface area contributed by atoms with Crippen molar-refractivity contribution in [3.63, 3.8) is 0 Å². The molecule has 0 heterocycles. The van der Waals surface area contributed by atoms with Gasteiger partial charge in [0.2, 0.25) is 0 Å². The summed E-state index contributed by atoms with van der Waals surface area (Å²) in [5.41, 5.74) is 5.79. The van der Waals surface area contributed by atoms with Gasteiger partial charge in [-0.2, -0.15) is 5.26 Å². The van der Waals surface area contributed by atoms with Crippen molar-refractivity contribution in [2.45, 2.75) is 6.54 Å². The Morgan fingerprint density at radius 2 is 2.29 bits per heavy atom. The molecule has 1 rings (SSSR count). The number of nitriles is 1. The first-order valence-electron chi connectivity index (χ1n) is 3.76. The van der Waals surface area contributed by atoms with Crippen LogP contribution in [0.2, 0.25) is 5.02 Å². The van der Waals surface area contributed by atoms with Crippen molar-refractivity contribution in [3.8, 4) is 6.07 Å². The fourth-order valence-corrected chi connectivity index (χ4v) is 1.43. The maximum atomic E-state index is 10.8. The highest BCUT2D eigenvalue weighted by Crippen LogP contribution is 2.23. The van der Waals surface area contributed by atoms with Gasteiger partial charge in [-0.05, 0) is 17.7 Å². The normalized spacial score (nSPS) is 9.50. The maximum Gasteiger partial charge on any atom is 0.337 e. The van der Waals surface area contributed by atoms with Gasteiger partial charge in [-0.1, -0.05) is 11.6 Å². The minimum absolute atomic E-state index is 0.0227. The van der Waals surface area contributed by atoms with Crippen molar-refractivity contribution in [1.29, 1.82) is 5.26 Å². The van der Waals surface area contributed by atoms with Gasteiger partial charge in [0.25, 0.3) is 0 Å². The standard InChI is InChI=1S/C9H7ClN2O2/c10-7-2-1-5(3-11)6(4-12)8(7)9(13)14/h1-2H,4,12H2,(H,13,14). The number of aromatic carboxylic acids is 1. The molecule has 72 valence electrons. The second kappa shape index (κ2) is 4.09. The van der Waals surface area contributed by atoms with E-state index >= 15 is 0 Å². The summed E-state index contributed by atoms with van der Waals surface area (Å²) < 4.78 is 0. The van der Waals surface area contributed by atoms with Crippen LogP contribution in [0.1, 0.15) is 21.5 Å². The number of carboxylic acid groups (broad SMARTS) is 1. The van der Waals surface area contributed by atoms with E-state index in [1.165, 1.54) is 12.1 Å². The van der Waals surface area contributed by atoms with Crippen LogP contribution in [0.5, 0.6) is 0 Å². The Bertz CT molecular complexity index is 424. The quantitative estimate of drug-likeness (QED) is 0.772. The van der Waals surface area contributed by atoms with E-state index in [1.807, 2.05) is 6.07 Å². The van der Waals surface area contributed by atoms with Crippen LogP contribution in [0.25, 0.3) is 0 Å². The van der Waals surface area contributed by atoms with Crippen molar-refractivity contribution in [1.82, 2.24) is 0 Å². The second-order valence-electron chi connectivity index (χ2n) is 2.57. The van der Waals surface area contributed by atoms with Crippen LogP contribution in [0.15, 0.2) is 12.1 Å². The fourth-order valence-electron chi connectivity index (χ4n) is 1.17. The van der Waals surface area contributed by atoms with Gasteiger partial charge >= 0.3 is 5.97 Å². The summed E-state index contributed by atoms with van der Waals surface area (Å²) in [7, 11) is 0. The van der Waals surface area contributed by atoms with Crippen molar-refractivity contribution < 1.29 is 9.90 Å². The van der Waals surface area contributed by atoms with Crippen molar-refractivity contribution in [2.24, 2.45) is 5.73 Å². The summed E-state index contributed by atoms with van der Waals surface area (Å²) in [6.07, 6.45) is 0. The molecule has 4 nitrogen and oxygen atoms in total. The molecule has 3 N–H and O–H groups in total. The number of benzene rings is 1. The van der Waals surface area contributed by atoms with Crippen molar-refractivity contribution >= 4 is 17.6 Å². The zero-order valence-electron chi connectivity index (χ0n) is 7.12. The first kappa shape index (κ1) is 10.5. The maximum absolute atomic E-state index is 10.8. The summed E-state index contributed by atoms with van der Waals surface area (Å²) in [6.45, 7) is -0.0227. The first-order valence-corrected chi connectivity index (χ1v) is 4.14. The van der Waals surface area contributed by atoms with E-state index in [-0.39, 0.29) is 28.3 Å². The molecular formula is C9H7ClN2O2. The van der Waals surface area contributed by atoms with Gasteiger partial charge in [-0.15, -0.1) is 0 Å². The third-order valence-electron chi connectivity index (χ3n) is 1.80. The van der Waals surface area contributed by atoms with Crippen molar-refractivity contribution in [3.05, 3.63) is 33.8 Å². The monoisotopic (exact) mass is 210 g/mol. The van der Waals surface area contributed by atoms with E-state index < -0.39 is 5.97 Å². The van der Waals surface area contributed by atoms with Crippen LogP contribution in [0.4, 0.5) is 0 Å². The number of halogens is 1. The molecule has 0 unspecified atom stereocenters. The van der Waals surface area contributed by atoms with E-state index in [2.05, 4.69) is 0 Å². The molecule has 0 saturated carbocycles. The van der Waals surface area contributed by atoms with Crippen LogP contribution in [0.3, 0.4) is 0 Å². The lowest BCUT2D eigenvalue weighted by Crippen LogP contribution is -2.09. The summed E-state index contributed by atoms with van der Waals surface area (Å²) in [5.74, 6) is -1.17. The van der Waals surface area contributed by atoms with Gasteiger partial charge in [0.05, 0.1) is 22.2 Å². The zero-order valence-corrected chi connectivity index (χ0v) is 7.88. The molecule has 0 amide bonds. The number of hydrogen-bond donors (Lipinski definition) is 2. The summed E-state index contributed by atoms with van der Waals surface area (Å²) >= 11 is 5.69. The highest BCUT2D eigenvalue weighted by Gasteiger charge is 2.16. The fraction of sp³-hybridized carbons (Fsp3) is 0.111. The molecule has 1 aromatic carbocycles. The molecule has 5 heteroatoms. The Balaban J connectivity index is 3.53. The van der Waals surface area contributed by atoms with Crippen LogP contribution in [-0.4, -0.2) is 11.1 Å². The number of carboxylic acids is 1. The molecule has 0 radical (unpaired) electrons. The minimum Gasteiger partial charge on any atom is -0.478 e. The molecule has 1 aromatic rings. The predicted molar refractivity (Wildman–Crippen MR) is 51.0 cm³/mol. The second-order valence-corrected chi connectivity index (χ2v) is 2.98. The van der Waals surface area contributed by atoms with Crippen molar-refractivity contribution in [2.75, 3.05) is 0 Å². The number of hydrogen-bond acceptors (Lipinski definition) is 3. The number of nitrogens with zero attached hydrogens (tertiary/aromatic N) is 1. The van der Waals surface area contributed by atoms with E-state index in [4.69, 9.17) is 27.7 Å². The number of nitrogens with two attached hydrogens (primary N) is 1. The zero-order chi connectivity index (χ0) is 10.7. The van der Waals surface area contributed by atoms with Gasteiger partial charge in [0, 0.05) is 6.54 Å². The lowest BCUT2D eigenvalue weighted by Gasteiger charge is -2.06. The molecule has 0 bridgehead atoms. The van der Waals surface area contributed by atoms with Gasteiger partial charge in [-0.25, -0.2) is 4.79 Å². The van der Waals surface area contributed by atoms with Gasteiger partial charge < -0.3 is 10.8 Å². The summed E-state index contributed by atoms with van der Waals surface area (Å²) in [4.78, 5) is 10.8. The van der Waals surface area contributed by atoms with Gasteiger partial charge in [0.15, 0.2) is 0 Å². The van der Waals surface area contributed by atoms with Gasteiger partial charge in [0.1, 0.15) is 0 Å². The van der Waals surface area contributed by atoms with Crippen LogP contribution < -0.4 is 5.73 Å². The number of carbonyl (C=O) groups is 1. The van der Waals surface area contributed by atoms with Crippen LogP contribution >= 0.6 is 11.6 Å². The molecule has 0 spiro atoms. The lowest BCUT2D eigenvalue weighted by molar-refractivity contribution is 0.0696. The average molecular weight is 211 g/mol. The third-order valence-corrected chi connectivity index (χ3v) is 2.12. The largest absolute Gasteiger partial charge is 0.478 e. The molecule has 0 aromatic heterocycles. The Morgan fingerprint density at radius 1 is 1.64 bits per heavy atom. The minimum atomic E-state index is -1.17. The van der Waals surface area contributed by atoms with Crippen LogP contribution in [-0.2, 0) is 6.54 Å². The van der Waals surface area contributed by atoms with E-state index in [0.717, 1.165) is 0 Å². The number of rotatable bonds is 2. The Labute approximate surface area is 85.5 Å². The highest BCUT2D eigenvalue weighted by molar-refractivity contribution is 6.33. The molecule has 0 fully saturated rings. The molecule has 0 aliphatic heterocycles. The molecule has 0 saturated heterocycles. The molecular weight excluding hydrogens is 204 g/mol. The topological polar surface area (TPSA) is 87.1 Å². The molecule has 14 heavy (non-hydrogen) atoms. The van der Waals surface area contributed by atoms with Crippen LogP contribution in [0, 0.1) is 11.3 Å². The smallest absolute Gasteiger partial charge is 0.337 e. The van der Waals surface area contributed by atoms with Gasteiger partial charge in [-0.3, -0.25) is 0 Å². The van der Waals surface area contributed by atoms with E-state index in [1.54, 1.807) is 0 Å². The third kappa shape index (κ3) is 1.69. The molecule has 0 atom stereocenters. The Hall–Kier alpha value is -1.57. The summed E-state index contributed by atoms with van der Waals surface area (Å²) in [5, 5.41) is 17.6. The molecule has 0 aliphatic rings. The Kier molecular flexibility index (Phi) is 3.07. The van der Waals surface area contributed by atoms with E-state index in [0.29, 0.717) is 0 Å². The molecule has 0 aliphatic carbocycles. The lowest BCUT2D eigenvalue weighted by atomic mass is 10.0. The Morgan fingerprint density at radius 3 is 2.71 bits per heavy atom. The first-order chi connectivity index (χ1) is 6.61. The summed E-state index contributed by atoms with van der Waals surface area (Å²) in [6, 6.07) is 4.70. The predicted octanol–water partition coefficient (Wildman–Crippen LogP) is 1.37.